The molecule has 3 heteroatoms. The van der Waals surface area contributed by atoms with Crippen molar-refractivity contribution in [3.8, 4) is 16.9 Å². The summed E-state index contributed by atoms with van der Waals surface area (Å²) < 4.78 is 5.82. The molecule has 0 aliphatic heterocycles. The van der Waals surface area contributed by atoms with Gasteiger partial charge in [-0.1, -0.05) is 72.8 Å². The molecular weight excluding hydrogens is 346 g/mol. The number of aryl methyl sites for hydroxylation is 1. The predicted molar refractivity (Wildman–Crippen MR) is 114 cm³/mol. The zero-order chi connectivity index (χ0) is 19.8. The Kier molecular flexibility index (Phi) is 6.85. The topological polar surface area (TPSA) is 38.3 Å². The van der Waals surface area contributed by atoms with Gasteiger partial charge in [0.2, 0.25) is 0 Å². The minimum absolute atomic E-state index is 0.0901. The molecule has 144 valence electrons. The SMILES string of the molecule is C[C@H](CCc1ccccc1)NC(=O)[C@H](C)Oc1ccc(-c2ccccc2)cc1. The molecule has 0 aliphatic rings. The van der Waals surface area contributed by atoms with Gasteiger partial charge in [-0.25, -0.2) is 0 Å². The molecule has 28 heavy (non-hydrogen) atoms. The monoisotopic (exact) mass is 373 g/mol. The molecule has 1 N–H and O–H groups in total. The fraction of sp³-hybridized carbons (Fsp3) is 0.240. The second-order valence-electron chi connectivity index (χ2n) is 7.08. The Morgan fingerprint density at radius 3 is 2.04 bits per heavy atom. The second-order valence-corrected chi connectivity index (χ2v) is 7.08. The third-order valence-electron chi connectivity index (χ3n) is 4.74. The maximum atomic E-state index is 12.4. The first-order valence-electron chi connectivity index (χ1n) is 9.78. The van der Waals surface area contributed by atoms with Gasteiger partial charge < -0.3 is 10.1 Å². The Morgan fingerprint density at radius 2 is 1.39 bits per heavy atom. The quantitative estimate of drug-likeness (QED) is 0.585. The molecule has 0 bridgehead atoms. The van der Waals surface area contributed by atoms with E-state index in [4.69, 9.17) is 4.74 Å². The summed E-state index contributed by atoms with van der Waals surface area (Å²) in [4.78, 5) is 12.4. The van der Waals surface area contributed by atoms with Crippen LogP contribution < -0.4 is 10.1 Å². The largest absolute Gasteiger partial charge is 0.481 e. The van der Waals surface area contributed by atoms with Crippen LogP contribution in [0.25, 0.3) is 11.1 Å². The lowest BCUT2D eigenvalue weighted by molar-refractivity contribution is -0.127. The van der Waals surface area contributed by atoms with Crippen molar-refractivity contribution in [1.82, 2.24) is 5.32 Å². The highest BCUT2D eigenvalue weighted by atomic mass is 16.5. The molecule has 0 radical (unpaired) electrons. The zero-order valence-corrected chi connectivity index (χ0v) is 16.5. The Balaban J connectivity index is 1.48. The lowest BCUT2D eigenvalue weighted by Gasteiger charge is -2.19. The van der Waals surface area contributed by atoms with Crippen LogP contribution in [0.5, 0.6) is 5.75 Å². The smallest absolute Gasteiger partial charge is 0.260 e. The highest BCUT2D eigenvalue weighted by Gasteiger charge is 2.17. The summed E-state index contributed by atoms with van der Waals surface area (Å²) in [5.74, 6) is 0.604. The van der Waals surface area contributed by atoms with Gasteiger partial charge in [-0.05, 0) is 55.5 Å². The van der Waals surface area contributed by atoms with Gasteiger partial charge in [0, 0.05) is 6.04 Å². The van der Waals surface area contributed by atoms with Crippen LogP contribution >= 0.6 is 0 Å². The minimum Gasteiger partial charge on any atom is -0.481 e. The number of benzene rings is 3. The molecular formula is C25H27NO2. The van der Waals surface area contributed by atoms with Crippen molar-refractivity contribution in [3.63, 3.8) is 0 Å². The standard InChI is InChI=1S/C25H27NO2/c1-19(13-14-21-9-5-3-6-10-21)26-25(27)20(2)28-24-17-15-23(16-18-24)22-11-7-4-8-12-22/h3-12,15-20H,13-14H2,1-2H3,(H,26,27)/t19-,20+/m1/s1. The number of rotatable bonds is 8. The van der Waals surface area contributed by atoms with Crippen LogP contribution in [0, 0.1) is 0 Å². The van der Waals surface area contributed by atoms with Crippen molar-refractivity contribution in [3.05, 3.63) is 90.5 Å². The van der Waals surface area contributed by atoms with Crippen molar-refractivity contribution < 1.29 is 9.53 Å². The number of carbonyl (C=O) groups is 1. The molecule has 0 fully saturated rings. The number of amides is 1. The van der Waals surface area contributed by atoms with E-state index < -0.39 is 6.10 Å². The van der Waals surface area contributed by atoms with Gasteiger partial charge in [0.25, 0.3) is 5.91 Å². The van der Waals surface area contributed by atoms with Crippen LogP contribution in [0.1, 0.15) is 25.8 Å². The number of ether oxygens (including phenoxy) is 1. The average Bonchev–Trinajstić information content (AvgIpc) is 2.74. The molecule has 3 aromatic rings. The third kappa shape index (κ3) is 5.71. The normalized spacial score (nSPS) is 12.8. The van der Waals surface area contributed by atoms with E-state index in [2.05, 4.69) is 29.6 Å². The maximum absolute atomic E-state index is 12.4. The minimum atomic E-state index is -0.540. The summed E-state index contributed by atoms with van der Waals surface area (Å²) in [6.45, 7) is 3.81. The van der Waals surface area contributed by atoms with Gasteiger partial charge in [0.05, 0.1) is 0 Å². The first kappa shape index (κ1) is 19.7. The van der Waals surface area contributed by atoms with Crippen LogP contribution in [0.4, 0.5) is 0 Å². The van der Waals surface area contributed by atoms with Gasteiger partial charge in [-0.15, -0.1) is 0 Å². The number of hydrogen-bond donors (Lipinski definition) is 1. The number of hydrogen-bond acceptors (Lipinski definition) is 2. The van der Waals surface area contributed by atoms with Crippen molar-refractivity contribution in [2.75, 3.05) is 0 Å². The van der Waals surface area contributed by atoms with E-state index in [-0.39, 0.29) is 11.9 Å². The predicted octanol–water partition coefficient (Wildman–Crippen LogP) is 5.26. The van der Waals surface area contributed by atoms with Gasteiger partial charge in [0.15, 0.2) is 6.10 Å². The van der Waals surface area contributed by atoms with Crippen LogP contribution in [-0.4, -0.2) is 18.1 Å². The van der Waals surface area contributed by atoms with E-state index in [1.807, 2.05) is 67.6 Å². The van der Waals surface area contributed by atoms with Crippen LogP contribution in [-0.2, 0) is 11.2 Å². The van der Waals surface area contributed by atoms with Crippen molar-refractivity contribution in [2.24, 2.45) is 0 Å². The Hall–Kier alpha value is -3.07. The zero-order valence-electron chi connectivity index (χ0n) is 16.5. The molecule has 0 aliphatic carbocycles. The van der Waals surface area contributed by atoms with Crippen LogP contribution in [0.2, 0.25) is 0 Å². The lowest BCUT2D eigenvalue weighted by Crippen LogP contribution is -2.41. The summed E-state index contributed by atoms with van der Waals surface area (Å²) in [5.41, 5.74) is 3.57. The molecule has 0 saturated heterocycles. The Bertz CT molecular complexity index is 860. The lowest BCUT2D eigenvalue weighted by atomic mass is 10.1. The van der Waals surface area contributed by atoms with Crippen LogP contribution in [0.3, 0.4) is 0 Å². The molecule has 0 unspecified atom stereocenters. The first-order valence-corrected chi connectivity index (χ1v) is 9.78. The van der Waals surface area contributed by atoms with Gasteiger partial charge in [-0.3, -0.25) is 4.79 Å². The molecule has 0 spiro atoms. The molecule has 0 heterocycles. The molecule has 2 atom stereocenters. The van der Waals surface area contributed by atoms with Crippen molar-refractivity contribution >= 4 is 5.91 Å². The third-order valence-corrected chi connectivity index (χ3v) is 4.74. The molecule has 1 amide bonds. The van der Waals surface area contributed by atoms with Crippen LogP contribution in [0.15, 0.2) is 84.9 Å². The summed E-state index contributed by atoms with van der Waals surface area (Å²) in [7, 11) is 0. The Labute approximate surface area is 167 Å². The van der Waals surface area contributed by atoms with E-state index >= 15 is 0 Å². The van der Waals surface area contributed by atoms with E-state index in [1.54, 1.807) is 6.92 Å². The summed E-state index contributed by atoms with van der Waals surface area (Å²) in [5, 5.41) is 3.04. The fourth-order valence-corrected chi connectivity index (χ4v) is 3.07. The molecule has 3 rings (SSSR count). The van der Waals surface area contributed by atoms with Gasteiger partial charge in [0.1, 0.15) is 5.75 Å². The van der Waals surface area contributed by atoms with E-state index in [9.17, 15) is 4.79 Å². The van der Waals surface area contributed by atoms with Crippen molar-refractivity contribution in [2.45, 2.75) is 38.8 Å². The number of carbonyl (C=O) groups excluding carboxylic acids is 1. The molecule has 3 aromatic carbocycles. The number of nitrogens with one attached hydrogen (secondary N) is 1. The maximum Gasteiger partial charge on any atom is 0.260 e. The van der Waals surface area contributed by atoms with Gasteiger partial charge >= 0.3 is 0 Å². The van der Waals surface area contributed by atoms with E-state index in [0.717, 1.165) is 24.0 Å². The van der Waals surface area contributed by atoms with E-state index in [1.165, 1.54) is 5.56 Å². The summed E-state index contributed by atoms with van der Waals surface area (Å²) in [6, 6.07) is 28.4. The average molecular weight is 373 g/mol. The first-order chi connectivity index (χ1) is 13.6. The molecule has 0 aromatic heterocycles. The Morgan fingerprint density at radius 1 is 0.821 bits per heavy atom. The van der Waals surface area contributed by atoms with Crippen molar-refractivity contribution in [1.29, 1.82) is 0 Å². The van der Waals surface area contributed by atoms with Gasteiger partial charge in [-0.2, -0.15) is 0 Å². The summed E-state index contributed by atoms with van der Waals surface area (Å²) in [6.07, 6.45) is 1.30. The highest BCUT2D eigenvalue weighted by Crippen LogP contribution is 2.22. The van der Waals surface area contributed by atoms with E-state index in [0.29, 0.717) is 5.75 Å². The second kappa shape index (κ2) is 9.75. The molecule has 3 nitrogen and oxygen atoms in total. The summed E-state index contributed by atoms with van der Waals surface area (Å²) >= 11 is 0. The molecule has 0 saturated carbocycles. The fourth-order valence-electron chi connectivity index (χ4n) is 3.07. The highest BCUT2D eigenvalue weighted by molar-refractivity contribution is 5.81.